The van der Waals surface area contributed by atoms with Gasteiger partial charge in [0.2, 0.25) is 5.91 Å². The molecule has 1 N–H and O–H groups in total. The second-order valence-electron chi connectivity index (χ2n) is 6.66. The van der Waals surface area contributed by atoms with Gasteiger partial charge in [-0.3, -0.25) is 9.59 Å². The number of amides is 2. The standard InChI is InChI=1S/C20H23N3O5/c1-3-16(19(25)21-17-12-13(2)28-22-17)27-20(26)14-7-9-15(10-8-14)23-11-5-4-6-18(23)24/h7-10,12,16H,3-6,11H2,1-2H3,(H,21,22,25). The molecule has 1 aliphatic heterocycles. The van der Waals surface area contributed by atoms with E-state index in [9.17, 15) is 14.4 Å². The van der Waals surface area contributed by atoms with Crippen molar-refractivity contribution in [1.82, 2.24) is 5.16 Å². The van der Waals surface area contributed by atoms with E-state index < -0.39 is 18.0 Å². The van der Waals surface area contributed by atoms with Crippen LogP contribution in [0.1, 0.15) is 48.7 Å². The number of nitrogens with zero attached hydrogens (tertiary/aromatic N) is 2. The highest BCUT2D eigenvalue weighted by Crippen LogP contribution is 2.22. The van der Waals surface area contributed by atoms with Gasteiger partial charge in [-0.2, -0.15) is 0 Å². The van der Waals surface area contributed by atoms with E-state index in [1.54, 1.807) is 49.1 Å². The molecule has 1 aromatic carbocycles. The van der Waals surface area contributed by atoms with E-state index in [4.69, 9.17) is 9.26 Å². The van der Waals surface area contributed by atoms with Crippen LogP contribution in [-0.4, -0.2) is 35.6 Å². The smallest absolute Gasteiger partial charge is 0.338 e. The Kier molecular flexibility index (Phi) is 6.08. The number of anilines is 2. The Bertz CT molecular complexity index is 859. The fourth-order valence-electron chi connectivity index (χ4n) is 3.01. The van der Waals surface area contributed by atoms with Crippen LogP contribution in [0.4, 0.5) is 11.5 Å². The number of aryl methyl sites for hydroxylation is 1. The summed E-state index contributed by atoms with van der Waals surface area (Å²) in [5, 5.41) is 6.25. The lowest BCUT2D eigenvalue weighted by Crippen LogP contribution is -2.35. The van der Waals surface area contributed by atoms with Gasteiger partial charge < -0.3 is 19.5 Å². The molecule has 0 aliphatic carbocycles. The van der Waals surface area contributed by atoms with Crippen LogP contribution in [0.2, 0.25) is 0 Å². The summed E-state index contributed by atoms with van der Waals surface area (Å²) in [5.41, 5.74) is 1.07. The summed E-state index contributed by atoms with van der Waals surface area (Å²) < 4.78 is 10.2. The molecule has 0 saturated carbocycles. The molecule has 3 rings (SSSR count). The first-order valence-corrected chi connectivity index (χ1v) is 9.33. The maximum absolute atomic E-state index is 12.4. The van der Waals surface area contributed by atoms with E-state index in [0.717, 1.165) is 18.5 Å². The van der Waals surface area contributed by atoms with Crippen molar-refractivity contribution in [3.05, 3.63) is 41.7 Å². The third-order valence-electron chi connectivity index (χ3n) is 4.53. The van der Waals surface area contributed by atoms with E-state index >= 15 is 0 Å². The van der Waals surface area contributed by atoms with Gasteiger partial charge in [-0.25, -0.2) is 4.79 Å². The summed E-state index contributed by atoms with van der Waals surface area (Å²) in [6.07, 6.45) is 1.78. The van der Waals surface area contributed by atoms with Gasteiger partial charge in [0.05, 0.1) is 5.56 Å². The van der Waals surface area contributed by atoms with Crippen LogP contribution < -0.4 is 10.2 Å². The van der Waals surface area contributed by atoms with Gasteiger partial charge in [0.15, 0.2) is 11.9 Å². The lowest BCUT2D eigenvalue weighted by Gasteiger charge is -2.26. The molecule has 1 atom stereocenters. The van der Waals surface area contributed by atoms with Crippen molar-refractivity contribution in [2.75, 3.05) is 16.8 Å². The Labute approximate surface area is 162 Å². The maximum Gasteiger partial charge on any atom is 0.338 e. The Balaban J connectivity index is 1.62. The van der Waals surface area contributed by atoms with Gasteiger partial charge in [-0.1, -0.05) is 12.1 Å². The van der Waals surface area contributed by atoms with Crippen molar-refractivity contribution >= 4 is 29.3 Å². The van der Waals surface area contributed by atoms with Gasteiger partial charge in [-0.15, -0.1) is 0 Å². The van der Waals surface area contributed by atoms with E-state index in [2.05, 4.69) is 10.5 Å². The average Bonchev–Trinajstić information content (AvgIpc) is 3.11. The Hall–Kier alpha value is -3.16. The van der Waals surface area contributed by atoms with E-state index in [1.165, 1.54) is 0 Å². The lowest BCUT2D eigenvalue weighted by molar-refractivity contribution is -0.124. The third kappa shape index (κ3) is 4.57. The largest absolute Gasteiger partial charge is 0.449 e. The van der Waals surface area contributed by atoms with Crippen LogP contribution in [-0.2, 0) is 14.3 Å². The Morgan fingerprint density at radius 1 is 1.29 bits per heavy atom. The summed E-state index contributed by atoms with van der Waals surface area (Å²) in [6, 6.07) is 8.22. The number of rotatable bonds is 6. The first kappa shape index (κ1) is 19.6. The molecule has 8 nitrogen and oxygen atoms in total. The van der Waals surface area contributed by atoms with E-state index in [0.29, 0.717) is 30.7 Å². The highest BCUT2D eigenvalue weighted by atomic mass is 16.5. The number of carbonyl (C=O) groups excluding carboxylic acids is 3. The molecule has 1 unspecified atom stereocenters. The average molecular weight is 385 g/mol. The Morgan fingerprint density at radius 3 is 2.64 bits per heavy atom. The quantitative estimate of drug-likeness (QED) is 0.767. The van der Waals surface area contributed by atoms with Gasteiger partial charge >= 0.3 is 5.97 Å². The number of carbonyl (C=O) groups is 3. The molecule has 1 aromatic heterocycles. The minimum Gasteiger partial charge on any atom is -0.449 e. The molecule has 148 valence electrons. The van der Waals surface area contributed by atoms with Gasteiger partial charge in [0.1, 0.15) is 5.76 Å². The lowest BCUT2D eigenvalue weighted by atomic mass is 10.1. The van der Waals surface area contributed by atoms with E-state index in [1.807, 2.05) is 0 Å². The number of aromatic nitrogens is 1. The zero-order chi connectivity index (χ0) is 20.1. The predicted molar refractivity (Wildman–Crippen MR) is 102 cm³/mol. The normalized spacial score (nSPS) is 15.2. The molecule has 1 aliphatic rings. The molecule has 1 fully saturated rings. The summed E-state index contributed by atoms with van der Waals surface area (Å²) in [6.45, 7) is 4.14. The maximum atomic E-state index is 12.4. The monoisotopic (exact) mass is 385 g/mol. The predicted octanol–water partition coefficient (Wildman–Crippen LogP) is 3.07. The fourth-order valence-corrected chi connectivity index (χ4v) is 3.01. The first-order valence-electron chi connectivity index (χ1n) is 9.33. The number of piperidine rings is 1. The van der Waals surface area contributed by atoms with Crippen molar-refractivity contribution in [2.24, 2.45) is 0 Å². The van der Waals surface area contributed by atoms with Crippen molar-refractivity contribution in [1.29, 1.82) is 0 Å². The SMILES string of the molecule is CCC(OC(=O)c1ccc(N2CCCCC2=O)cc1)C(=O)Nc1cc(C)on1. The highest BCUT2D eigenvalue weighted by molar-refractivity contribution is 5.98. The van der Waals surface area contributed by atoms with Crippen molar-refractivity contribution in [2.45, 2.75) is 45.6 Å². The molecule has 0 spiro atoms. The molecule has 28 heavy (non-hydrogen) atoms. The molecular weight excluding hydrogens is 362 g/mol. The topological polar surface area (TPSA) is 102 Å². The third-order valence-corrected chi connectivity index (χ3v) is 4.53. The van der Waals surface area contributed by atoms with Crippen LogP contribution in [0, 0.1) is 6.92 Å². The van der Waals surface area contributed by atoms with Crippen LogP contribution in [0.5, 0.6) is 0 Å². The zero-order valence-corrected chi connectivity index (χ0v) is 15.9. The number of hydrogen-bond acceptors (Lipinski definition) is 6. The molecule has 2 aromatic rings. The van der Waals surface area contributed by atoms with Gasteiger partial charge in [0, 0.05) is 24.7 Å². The molecule has 1 saturated heterocycles. The number of benzene rings is 1. The second-order valence-corrected chi connectivity index (χ2v) is 6.66. The first-order chi connectivity index (χ1) is 13.5. The summed E-state index contributed by atoms with van der Waals surface area (Å²) in [7, 11) is 0. The van der Waals surface area contributed by atoms with Crippen LogP contribution in [0.3, 0.4) is 0 Å². The molecule has 8 heteroatoms. The zero-order valence-electron chi connectivity index (χ0n) is 15.9. The van der Waals surface area contributed by atoms with Crippen molar-refractivity contribution in [3.63, 3.8) is 0 Å². The van der Waals surface area contributed by atoms with Crippen LogP contribution in [0.15, 0.2) is 34.9 Å². The fraction of sp³-hybridized carbons (Fsp3) is 0.400. The number of ether oxygens (including phenoxy) is 1. The van der Waals surface area contributed by atoms with E-state index in [-0.39, 0.29) is 11.7 Å². The minimum absolute atomic E-state index is 0.0902. The van der Waals surface area contributed by atoms with Crippen LogP contribution >= 0.6 is 0 Å². The van der Waals surface area contributed by atoms with Gasteiger partial charge in [0.25, 0.3) is 5.91 Å². The van der Waals surface area contributed by atoms with Gasteiger partial charge in [-0.05, 0) is 50.5 Å². The number of hydrogen-bond donors (Lipinski definition) is 1. The second kappa shape index (κ2) is 8.69. The van der Waals surface area contributed by atoms with Crippen molar-refractivity contribution in [3.8, 4) is 0 Å². The molecule has 0 radical (unpaired) electrons. The molecule has 2 amide bonds. The Morgan fingerprint density at radius 2 is 2.04 bits per heavy atom. The number of esters is 1. The summed E-state index contributed by atoms with van der Waals surface area (Å²) in [4.78, 5) is 38.4. The summed E-state index contributed by atoms with van der Waals surface area (Å²) >= 11 is 0. The summed E-state index contributed by atoms with van der Waals surface area (Å²) in [5.74, 6) is -0.151. The van der Waals surface area contributed by atoms with Crippen molar-refractivity contribution < 1.29 is 23.6 Å². The highest BCUT2D eigenvalue weighted by Gasteiger charge is 2.24. The minimum atomic E-state index is -0.951. The van der Waals surface area contributed by atoms with Crippen LogP contribution in [0.25, 0.3) is 0 Å². The molecule has 0 bridgehead atoms. The molecular formula is C20H23N3O5. The number of nitrogens with one attached hydrogen (secondary N) is 1. The molecule has 2 heterocycles.